The largest absolute Gasteiger partial charge is 0.481 e. The first-order chi connectivity index (χ1) is 8.16. The zero-order chi connectivity index (χ0) is 12.3. The first kappa shape index (κ1) is 11.3. The highest BCUT2D eigenvalue weighted by Crippen LogP contribution is 2.10. The van der Waals surface area contributed by atoms with E-state index in [0.29, 0.717) is 12.2 Å². The molecule has 0 radical (unpaired) electrons. The highest BCUT2D eigenvalue weighted by atomic mass is 16.4. The van der Waals surface area contributed by atoms with E-state index in [2.05, 4.69) is 15.5 Å². The van der Waals surface area contributed by atoms with Crippen LogP contribution in [0.5, 0.6) is 0 Å². The zero-order valence-electron chi connectivity index (χ0n) is 9.37. The van der Waals surface area contributed by atoms with E-state index in [1.807, 2.05) is 31.2 Å². The average Bonchev–Trinajstić information content (AvgIpc) is 2.75. The highest BCUT2D eigenvalue weighted by Gasteiger charge is 2.09. The number of hydrogen-bond acceptors (Lipinski definition) is 4. The molecule has 2 aromatic rings. The molecular formula is C11H12N4O2. The van der Waals surface area contributed by atoms with Gasteiger partial charge in [-0.15, -0.1) is 5.10 Å². The van der Waals surface area contributed by atoms with E-state index in [0.717, 1.165) is 11.3 Å². The molecule has 0 bridgehead atoms. The van der Waals surface area contributed by atoms with Crippen LogP contribution in [0.15, 0.2) is 24.3 Å². The van der Waals surface area contributed by atoms with Crippen molar-refractivity contribution < 1.29 is 9.90 Å². The Balaban J connectivity index is 2.24. The van der Waals surface area contributed by atoms with E-state index in [1.54, 1.807) is 4.68 Å². The van der Waals surface area contributed by atoms with Crippen molar-refractivity contribution in [2.45, 2.75) is 19.8 Å². The molecule has 0 unspecified atom stereocenters. The summed E-state index contributed by atoms with van der Waals surface area (Å²) < 4.78 is 1.56. The third kappa shape index (κ3) is 2.66. The van der Waals surface area contributed by atoms with Gasteiger partial charge in [-0.25, -0.2) is 0 Å². The summed E-state index contributed by atoms with van der Waals surface area (Å²) in [4.78, 5) is 10.5. The highest BCUT2D eigenvalue weighted by molar-refractivity contribution is 5.66. The van der Waals surface area contributed by atoms with Gasteiger partial charge in [-0.05, 0) is 29.5 Å². The summed E-state index contributed by atoms with van der Waals surface area (Å²) in [5.74, 6) is -0.306. The Morgan fingerprint density at radius 1 is 1.35 bits per heavy atom. The van der Waals surface area contributed by atoms with E-state index in [1.165, 1.54) is 0 Å². The van der Waals surface area contributed by atoms with Gasteiger partial charge in [0.25, 0.3) is 0 Å². The van der Waals surface area contributed by atoms with Crippen molar-refractivity contribution in [2.24, 2.45) is 0 Å². The van der Waals surface area contributed by atoms with Crippen LogP contribution >= 0.6 is 0 Å². The first-order valence-electron chi connectivity index (χ1n) is 5.23. The SMILES string of the molecule is Cc1ccc(-n2nnnc2CCC(=O)O)cc1. The standard InChI is InChI=1S/C11H12N4O2/c1-8-2-4-9(5-3-8)15-10(12-13-14-15)6-7-11(16)17/h2-5H,6-7H2,1H3,(H,16,17). The number of carbonyl (C=O) groups is 1. The molecule has 0 aliphatic heterocycles. The fraction of sp³-hybridized carbons (Fsp3) is 0.273. The van der Waals surface area contributed by atoms with Crippen LogP contribution in [-0.2, 0) is 11.2 Å². The number of tetrazole rings is 1. The van der Waals surface area contributed by atoms with Gasteiger partial charge in [0.2, 0.25) is 0 Å². The fourth-order valence-electron chi connectivity index (χ4n) is 1.47. The maximum Gasteiger partial charge on any atom is 0.303 e. The summed E-state index contributed by atoms with van der Waals surface area (Å²) in [5.41, 5.74) is 1.98. The number of carboxylic acid groups (broad SMARTS) is 1. The molecule has 0 aliphatic carbocycles. The van der Waals surface area contributed by atoms with Crippen LogP contribution < -0.4 is 0 Å². The first-order valence-corrected chi connectivity index (χ1v) is 5.23. The van der Waals surface area contributed by atoms with Crippen molar-refractivity contribution in [1.29, 1.82) is 0 Å². The van der Waals surface area contributed by atoms with E-state index >= 15 is 0 Å². The van der Waals surface area contributed by atoms with Gasteiger partial charge in [-0.2, -0.15) is 4.68 Å². The lowest BCUT2D eigenvalue weighted by atomic mass is 10.2. The second-order valence-electron chi connectivity index (χ2n) is 3.74. The van der Waals surface area contributed by atoms with Crippen LogP contribution in [0.4, 0.5) is 0 Å². The van der Waals surface area contributed by atoms with Crippen LogP contribution in [0.2, 0.25) is 0 Å². The Hall–Kier alpha value is -2.24. The molecule has 0 saturated heterocycles. The van der Waals surface area contributed by atoms with Crippen molar-refractivity contribution in [3.8, 4) is 5.69 Å². The molecule has 17 heavy (non-hydrogen) atoms. The molecule has 0 saturated carbocycles. The smallest absolute Gasteiger partial charge is 0.303 e. The lowest BCUT2D eigenvalue weighted by Gasteiger charge is -2.03. The minimum absolute atomic E-state index is 0.0201. The monoisotopic (exact) mass is 232 g/mol. The van der Waals surface area contributed by atoms with Gasteiger partial charge in [0.05, 0.1) is 12.1 Å². The van der Waals surface area contributed by atoms with Crippen LogP contribution in [0.1, 0.15) is 17.8 Å². The van der Waals surface area contributed by atoms with Gasteiger partial charge in [0, 0.05) is 6.42 Å². The Bertz CT molecular complexity index is 519. The lowest BCUT2D eigenvalue weighted by Crippen LogP contribution is -2.06. The molecule has 1 heterocycles. The maximum absolute atomic E-state index is 10.5. The van der Waals surface area contributed by atoms with Crippen LogP contribution in [0.25, 0.3) is 5.69 Å². The molecule has 0 fully saturated rings. The minimum atomic E-state index is -0.858. The summed E-state index contributed by atoms with van der Waals surface area (Å²) in [6.45, 7) is 1.99. The number of nitrogens with zero attached hydrogens (tertiary/aromatic N) is 4. The van der Waals surface area contributed by atoms with Crippen molar-refractivity contribution in [1.82, 2.24) is 20.2 Å². The van der Waals surface area contributed by atoms with E-state index in [4.69, 9.17) is 5.11 Å². The molecule has 0 atom stereocenters. The Morgan fingerprint density at radius 2 is 2.06 bits per heavy atom. The quantitative estimate of drug-likeness (QED) is 0.850. The third-order valence-electron chi connectivity index (χ3n) is 2.38. The number of aryl methyl sites for hydroxylation is 2. The molecule has 88 valence electrons. The van der Waals surface area contributed by atoms with Gasteiger partial charge < -0.3 is 5.11 Å². The molecule has 0 spiro atoms. The van der Waals surface area contributed by atoms with Crippen LogP contribution in [0, 0.1) is 6.92 Å². The summed E-state index contributed by atoms with van der Waals surface area (Å²) in [6.07, 6.45) is 0.336. The Kier molecular flexibility index (Phi) is 3.13. The summed E-state index contributed by atoms with van der Waals surface area (Å²) in [6, 6.07) is 7.71. The van der Waals surface area contributed by atoms with Gasteiger partial charge in [-0.3, -0.25) is 4.79 Å². The molecule has 1 N–H and O–H groups in total. The third-order valence-corrected chi connectivity index (χ3v) is 2.38. The van der Waals surface area contributed by atoms with Crippen molar-refractivity contribution in [3.05, 3.63) is 35.7 Å². The molecule has 6 heteroatoms. The van der Waals surface area contributed by atoms with E-state index < -0.39 is 5.97 Å². The van der Waals surface area contributed by atoms with E-state index in [-0.39, 0.29) is 6.42 Å². The van der Waals surface area contributed by atoms with Crippen LogP contribution in [-0.4, -0.2) is 31.3 Å². The summed E-state index contributed by atoms with van der Waals surface area (Å²) >= 11 is 0. The number of benzene rings is 1. The molecule has 6 nitrogen and oxygen atoms in total. The molecule has 0 amide bonds. The molecule has 1 aromatic carbocycles. The maximum atomic E-state index is 10.5. The number of aliphatic carboxylic acids is 1. The van der Waals surface area contributed by atoms with E-state index in [9.17, 15) is 4.79 Å². The molecular weight excluding hydrogens is 220 g/mol. The van der Waals surface area contributed by atoms with Gasteiger partial charge in [0.15, 0.2) is 5.82 Å². The summed E-state index contributed by atoms with van der Waals surface area (Å²) in [5, 5.41) is 19.9. The molecule has 1 aromatic heterocycles. The van der Waals surface area contributed by atoms with Crippen molar-refractivity contribution in [3.63, 3.8) is 0 Å². The number of rotatable bonds is 4. The Labute approximate surface area is 97.9 Å². The predicted molar refractivity (Wildman–Crippen MR) is 59.8 cm³/mol. The molecule has 0 aliphatic rings. The fourth-order valence-corrected chi connectivity index (χ4v) is 1.47. The minimum Gasteiger partial charge on any atom is -0.481 e. The second-order valence-corrected chi connectivity index (χ2v) is 3.74. The van der Waals surface area contributed by atoms with Gasteiger partial charge in [0.1, 0.15) is 0 Å². The van der Waals surface area contributed by atoms with Gasteiger partial charge in [-0.1, -0.05) is 17.7 Å². The number of carboxylic acids is 1. The average molecular weight is 232 g/mol. The zero-order valence-corrected chi connectivity index (χ0v) is 9.37. The van der Waals surface area contributed by atoms with Crippen molar-refractivity contribution >= 4 is 5.97 Å². The predicted octanol–water partition coefficient (Wildman–Crippen LogP) is 0.988. The second kappa shape index (κ2) is 4.73. The molecule has 2 rings (SSSR count). The number of aromatic nitrogens is 4. The normalized spacial score (nSPS) is 10.4. The summed E-state index contributed by atoms with van der Waals surface area (Å²) in [7, 11) is 0. The number of hydrogen-bond donors (Lipinski definition) is 1. The Morgan fingerprint density at radius 3 is 2.71 bits per heavy atom. The van der Waals surface area contributed by atoms with Crippen LogP contribution in [0.3, 0.4) is 0 Å². The van der Waals surface area contributed by atoms with Crippen molar-refractivity contribution in [2.75, 3.05) is 0 Å². The van der Waals surface area contributed by atoms with Gasteiger partial charge >= 0.3 is 5.97 Å². The topological polar surface area (TPSA) is 80.9 Å². The lowest BCUT2D eigenvalue weighted by molar-refractivity contribution is -0.137.